The van der Waals surface area contributed by atoms with Crippen LogP contribution in [-0.2, 0) is 6.54 Å². The second-order valence-electron chi connectivity index (χ2n) is 5.52. The summed E-state index contributed by atoms with van der Waals surface area (Å²) in [6.45, 7) is 3.85. The van der Waals surface area contributed by atoms with Crippen molar-refractivity contribution in [3.63, 3.8) is 0 Å². The molecule has 19 heavy (non-hydrogen) atoms. The summed E-state index contributed by atoms with van der Waals surface area (Å²) in [7, 11) is 0. The van der Waals surface area contributed by atoms with E-state index in [1.54, 1.807) is 0 Å². The van der Waals surface area contributed by atoms with Crippen LogP contribution >= 0.6 is 0 Å². The molecular weight excluding hydrogens is 238 g/mol. The lowest BCUT2D eigenvalue weighted by Gasteiger charge is -2.24. The molecular formula is C15H19N3O. The number of β-amino-alcohol motifs (C(OH)–C–C–N with tert-alkyl or cyclic N) is 1. The van der Waals surface area contributed by atoms with E-state index in [2.05, 4.69) is 16.0 Å². The highest BCUT2D eigenvalue weighted by molar-refractivity contribution is 5.93. The van der Waals surface area contributed by atoms with Gasteiger partial charge in [-0.1, -0.05) is 18.2 Å². The van der Waals surface area contributed by atoms with Crippen molar-refractivity contribution < 1.29 is 5.11 Å². The van der Waals surface area contributed by atoms with Gasteiger partial charge < -0.3 is 15.7 Å². The third-order valence-corrected chi connectivity index (χ3v) is 3.81. The Balaban J connectivity index is 2.15. The van der Waals surface area contributed by atoms with Crippen molar-refractivity contribution in [1.82, 2.24) is 4.98 Å². The molecule has 1 atom stereocenters. The van der Waals surface area contributed by atoms with Crippen molar-refractivity contribution in [1.29, 1.82) is 0 Å². The molecule has 1 aliphatic heterocycles. The summed E-state index contributed by atoms with van der Waals surface area (Å²) in [6, 6.07) is 8.08. The maximum absolute atomic E-state index is 10.2. The van der Waals surface area contributed by atoms with Crippen molar-refractivity contribution in [2.45, 2.75) is 25.5 Å². The first-order valence-electron chi connectivity index (χ1n) is 6.65. The van der Waals surface area contributed by atoms with Gasteiger partial charge >= 0.3 is 0 Å². The number of aromatic nitrogens is 1. The number of nitrogens with zero attached hydrogens (tertiary/aromatic N) is 2. The summed E-state index contributed by atoms with van der Waals surface area (Å²) in [4.78, 5) is 6.68. The third-order valence-electron chi connectivity index (χ3n) is 3.81. The average molecular weight is 257 g/mol. The summed E-state index contributed by atoms with van der Waals surface area (Å²) in [5, 5.41) is 11.3. The number of anilines is 1. The molecule has 1 fully saturated rings. The quantitative estimate of drug-likeness (QED) is 0.859. The number of nitrogens with two attached hydrogens (primary N) is 1. The van der Waals surface area contributed by atoms with Crippen LogP contribution in [0.25, 0.3) is 10.9 Å². The van der Waals surface area contributed by atoms with Gasteiger partial charge in [0.2, 0.25) is 0 Å². The van der Waals surface area contributed by atoms with Gasteiger partial charge in [-0.05, 0) is 19.4 Å². The first kappa shape index (κ1) is 12.4. The molecule has 0 saturated carbocycles. The summed E-state index contributed by atoms with van der Waals surface area (Å²) in [5.41, 5.74) is 8.38. The van der Waals surface area contributed by atoms with Crippen LogP contribution < -0.4 is 10.6 Å². The first-order valence-corrected chi connectivity index (χ1v) is 6.65. The van der Waals surface area contributed by atoms with Gasteiger partial charge in [-0.2, -0.15) is 0 Å². The SMILES string of the molecule is CC1(O)CCN(c2c(CN)cnc3ccccc23)C1. The fraction of sp³-hybridized carbons (Fsp3) is 0.400. The van der Waals surface area contributed by atoms with Crippen LogP contribution in [0.4, 0.5) is 5.69 Å². The van der Waals surface area contributed by atoms with E-state index in [-0.39, 0.29) is 0 Å². The molecule has 3 N–H and O–H groups in total. The van der Waals surface area contributed by atoms with Crippen LogP contribution in [0.1, 0.15) is 18.9 Å². The molecule has 0 radical (unpaired) electrons. The number of hydrogen-bond acceptors (Lipinski definition) is 4. The maximum Gasteiger partial charge on any atom is 0.0810 e. The van der Waals surface area contributed by atoms with Gasteiger partial charge in [-0.25, -0.2) is 0 Å². The second kappa shape index (κ2) is 4.47. The van der Waals surface area contributed by atoms with Gasteiger partial charge in [0, 0.05) is 36.8 Å². The Kier molecular flexibility index (Phi) is 2.92. The lowest BCUT2D eigenvalue weighted by atomic mass is 10.1. The lowest BCUT2D eigenvalue weighted by molar-refractivity contribution is 0.0839. The van der Waals surface area contributed by atoms with Crippen LogP contribution in [0.15, 0.2) is 30.5 Å². The van der Waals surface area contributed by atoms with Crippen LogP contribution in [0, 0.1) is 0 Å². The molecule has 0 amide bonds. The minimum Gasteiger partial charge on any atom is -0.388 e. The monoisotopic (exact) mass is 257 g/mol. The van der Waals surface area contributed by atoms with Crippen molar-refractivity contribution in [3.05, 3.63) is 36.0 Å². The second-order valence-corrected chi connectivity index (χ2v) is 5.52. The summed E-state index contributed by atoms with van der Waals surface area (Å²) in [5.74, 6) is 0. The molecule has 0 aliphatic carbocycles. The number of rotatable bonds is 2. The molecule has 1 aromatic heterocycles. The summed E-state index contributed by atoms with van der Waals surface area (Å²) in [6.07, 6.45) is 2.64. The van der Waals surface area contributed by atoms with E-state index >= 15 is 0 Å². The number of para-hydroxylation sites is 1. The Bertz CT molecular complexity index is 609. The third kappa shape index (κ3) is 2.17. The fourth-order valence-corrected chi connectivity index (χ4v) is 2.83. The number of benzene rings is 1. The van der Waals surface area contributed by atoms with Gasteiger partial charge in [0.1, 0.15) is 0 Å². The summed E-state index contributed by atoms with van der Waals surface area (Å²) < 4.78 is 0. The minimum absolute atomic E-state index is 0.464. The van der Waals surface area contributed by atoms with Crippen LogP contribution in [0.5, 0.6) is 0 Å². The van der Waals surface area contributed by atoms with Crippen molar-refractivity contribution in [2.24, 2.45) is 5.73 Å². The minimum atomic E-state index is -0.615. The molecule has 1 saturated heterocycles. The number of hydrogen-bond donors (Lipinski definition) is 2. The zero-order valence-corrected chi connectivity index (χ0v) is 11.1. The van der Waals surface area contributed by atoms with Crippen LogP contribution in [-0.4, -0.2) is 28.8 Å². The molecule has 2 heterocycles. The Morgan fingerprint density at radius 1 is 1.42 bits per heavy atom. The van der Waals surface area contributed by atoms with E-state index in [0.29, 0.717) is 13.1 Å². The first-order chi connectivity index (χ1) is 9.11. The Hall–Kier alpha value is -1.65. The van der Waals surface area contributed by atoms with Gasteiger partial charge in [0.25, 0.3) is 0 Å². The van der Waals surface area contributed by atoms with Gasteiger partial charge in [-0.3, -0.25) is 4.98 Å². The fourth-order valence-electron chi connectivity index (χ4n) is 2.83. The lowest BCUT2D eigenvalue weighted by Crippen LogP contribution is -2.30. The zero-order valence-electron chi connectivity index (χ0n) is 11.1. The standard InChI is InChI=1S/C15H19N3O/c1-15(19)6-7-18(10-15)14-11(8-16)9-17-13-5-3-2-4-12(13)14/h2-5,9,19H,6-8,10,16H2,1H3. The van der Waals surface area contributed by atoms with E-state index in [1.807, 2.05) is 31.3 Å². The molecule has 4 nitrogen and oxygen atoms in total. The molecule has 2 aromatic rings. The smallest absolute Gasteiger partial charge is 0.0810 e. The Labute approximate surface area is 112 Å². The van der Waals surface area contributed by atoms with E-state index < -0.39 is 5.60 Å². The van der Waals surface area contributed by atoms with Crippen molar-refractivity contribution in [3.8, 4) is 0 Å². The van der Waals surface area contributed by atoms with Crippen LogP contribution in [0.2, 0.25) is 0 Å². The molecule has 1 aromatic carbocycles. The molecule has 3 rings (SSSR count). The van der Waals surface area contributed by atoms with E-state index in [0.717, 1.165) is 35.1 Å². The van der Waals surface area contributed by atoms with E-state index in [9.17, 15) is 5.11 Å². The predicted octanol–water partition coefficient (Wildman–Crippen LogP) is 1.65. The zero-order chi connectivity index (χ0) is 13.5. The normalized spacial score (nSPS) is 23.2. The van der Waals surface area contributed by atoms with Gasteiger partial charge in [-0.15, -0.1) is 0 Å². The molecule has 100 valence electrons. The Morgan fingerprint density at radius 2 is 2.21 bits per heavy atom. The highest BCUT2D eigenvalue weighted by Gasteiger charge is 2.32. The van der Waals surface area contributed by atoms with Crippen LogP contribution in [0.3, 0.4) is 0 Å². The topological polar surface area (TPSA) is 62.4 Å². The largest absolute Gasteiger partial charge is 0.388 e. The van der Waals surface area contributed by atoms with Crippen molar-refractivity contribution in [2.75, 3.05) is 18.0 Å². The van der Waals surface area contributed by atoms with Crippen molar-refractivity contribution >= 4 is 16.6 Å². The molecule has 1 aliphatic rings. The maximum atomic E-state index is 10.2. The number of pyridine rings is 1. The molecule has 4 heteroatoms. The highest BCUT2D eigenvalue weighted by atomic mass is 16.3. The molecule has 1 unspecified atom stereocenters. The number of fused-ring (bicyclic) bond motifs is 1. The average Bonchev–Trinajstić information content (AvgIpc) is 2.77. The molecule has 0 spiro atoms. The van der Waals surface area contributed by atoms with E-state index in [1.165, 1.54) is 0 Å². The predicted molar refractivity (Wildman–Crippen MR) is 77.1 cm³/mol. The Morgan fingerprint density at radius 3 is 2.89 bits per heavy atom. The summed E-state index contributed by atoms with van der Waals surface area (Å²) >= 11 is 0. The number of aliphatic hydroxyl groups is 1. The van der Waals surface area contributed by atoms with Gasteiger partial charge in [0.05, 0.1) is 16.8 Å². The van der Waals surface area contributed by atoms with E-state index in [4.69, 9.17) is 5.73 Å². The molecule has 0 bridgehead atoms. The van der Waals surface area contributed by atoms with Gasteiger partial charge in [0.15, 0.2) is 0 Å². The highest BCUT2D eigenvalue weighted by Crippen LogP contribution is 2.34.